The molecular weight excluding hydrogens is 328 g/mol. The fourth-order valence-corrected chi connectivity index (χ4v) is 3.47. The minimum atomic E-state index is 0.0560. The molecule has 4 rings (SSSR count). The van der Waals surface area contributed by atoms with E-state index in [1.54, 1.807) is 18.1 Å². The topological polar surface area (TPSA) is 60.2 Å². The Labute approximate surface area is 152 Å². The molecule has 1 amide bonds. The van der Waals surface area contributed by atoms with Gasteiger partial charge in [-0.05, 0) is 54.8 Å². The van der Waals surface area contributed by atoms with Crippen molar-refractivity contribution in [1.82, 2.24) is 19.7 Å². The van der Waals surface area contributed by atoms with E-state index in [0.717, 1.165) is 36.4 Å². The minimum absolute atomic E-state index is 0.0560. The van der Waals surface area contributed by atoms with E-state index in [4.69, 9.17) is 4.74 Å². The monoisotopic (exact) mass is 348 g/mol. The average molecular weight is 348 g/mol. The molecule has 6 nitrogen and oxygen atoms in total. The number of likely N-dealkylation sites (tertiary alicyclic amines) is 1. The summed E-state index contributed by atoms with van der Waals surface area (Å²) in [6, 6.07) is 15.5. The second-order valence-electron chi connectivity index (χ2n) is 6.32. The summed E-state index contributed by atoms with van der Waals surface area (Å²) in [6.07, 6.45) is 5.10. The number of nitrogens with zero attached hydrogens (tertiary/aromatic N) is 4. The van der Waals surface area contributed by atoms with Crippen LogP contribution in [0.25, 0.3) is 5.69 Å². The normalized spacial score (nSPS) is 16.7. The number of amides is 1. The zero-order valence-electron chi connectivity index (χ0n) is 14.6. The van der Waals surface area contributed by atoms with Gasteiger partial charge in [-0.1, -0.05) is 12.1 Å². The Morgan fingerprint density at radius 1 is 1.19 bits per heavy atom. The van der Waals surface area contributed by atoms with Crippen LogP contribution in [0.5, 0.6) is 5.75 Å². The maximum Gasteiger partial charge on any atom is 0.254 e. The summed E-state index contributed by atoms with van der Waals surface area (Å²) in [6.45, 7) is 0.769. The molecule has 2 aromatic carbocycles. The molecule has 0 radical (unpaired) electrons. The van der Waals surface area contributed by atoms with Crippen molar-refractivity contribution >= 4 is 5.91 Å². The Hall–Kier alpha value is -3.15. The van der Waals surface area contributed by atoms with E-state index < -0.39 is 0 Å². The molecule has 26 heavy (non-hydrogen) atoms. The highest BCUT2D eigenvalue weighted by molar-refractivity contribution is 5.94. The Morgan fingerprint density at radius 3 is 2.77 bits per heavy atom. The van der Waals surface area contributed by atoms with Crippen molar-refractivity contribution in [3.05, 3.63) is 72.3 Å². The van der Waals surface area contributed by atoms with Gasteiger partial charge in [-0.15, -0.1) is 0 Å². The Balaban J connectivity index is 1.56. The highest BCUT2D eigenvalue weighted by Crippen LogP contribution is 2.34. The standard InChI is InChI=1S/C20H20N4O2/c1-26-18-5-2-4-16(12-18)19-6-3-11-23(19)20(25)15-7-9-17(10-8-15)24-14-21-13-22-24/h2,4-5,7-10,12-14,19H,3,6,11H2,1H3. The van der Waals surface area contributed by atoms with Crippen molar-refractivity contribution < 1.29 is 9.53 Å². The number of aromatic nitrogens is 3. The Morgan fingerprint density at radius 2 is 2.04 bits per heavy atom. The number of benzene rings is 2. The molecule has 1 aliphatic rings. The molecule has 0 saturated carbocycles. The number of rotatable bonds is 4. The first-order chi connectivity index (χ1) is 12.8. The number of carbonyl (C=O) groups is 1. The van der Waals surface area contributed by atoms with Crippen molar-refractivity contribution in [1.29, 1.82) is 0 Å². The van der Waals surface area contributed by atoms with Crippen LogP contribution in [0, 0.1) is 0 Å². The molecule has 0 spiro atoms. The highest BCUT2D eigenvalue weighted by Gasteiger charge is 2.30. The van der Waals surface area contributed by atoms with Gasteiger partial charge < -0.3 is 9.64 Å². The average Bonchev–Trinajstić information content (AvgIpc) is 3.39. The quantitative estimate of drug-likeness (QED) is 0.726. The molecular formula is C20H20N4O2. The first-order valence-electron chi connectivity index (χ1n) is 8.66. The number of carbonyl (C=O) groups excluding carboxylic acids is 1. The fraction of sp³-hybridized carbons (Fsp3) is 0.250. The molecule has 1 atom stereocenters. The van der Waals surface area contributed by atoms with Crippen molar-refractivity contribution in [2.75, 3.05) is 13.7 Å². The van der Waals surface area contributed by atoms with Gasteiger partial charge in [-0.25, -0.2) is 9.67 Å². The zero-order chi connectivity index (χ0) is 17.9. The summed E-state index contributed by atoms with van der Waals surface area (Å²) in [4.78, 5) is 18.9. The molecule has 0 bridgehead atoms. The van der Waals surface area contributed by atoms with Crippen LogP contribution < -0.4 is 4.74 Å². The lowest BCUT2D eigenvalue weighted by molar-refractivity contribution is 0.0735. The first-order valence-corrected chi connectivity index (χ1v) is 8.66. The summed E-state index contributed by atoms with van der Waals surface area (Å²) in [5.74, 6) is 0.874. The fourth-order valence-electron chi connectivity index (χ4n) is 3.47. The van der Waals surface area contributed by atoms with Crippen LogP contribution in [0.4, 0.5) is 0 Å². The van der Waals surface area contributed by atoms with Gasteiger partial charge in [0.2, 0.25) is 0 Å². The van der Waals surface area contributed by atoms with E-state index in [1.165, 1.54) is 6.33 Å². The number of methoxy groups -OCH3 is 1. The second kappa shape index (κ2) is 7.00. The molecule has 2 heterocycles. The van der Waals surface area contributed by atoms with Crippen LogP contribution in [0.3, 0.4) is 0 Å². The lowest BCUT2D eigenvalue weighted by Gasteiger charge is -2.25. The van der Waals surface area contributed by atoms with Crippen molar-refractivity contribution in [2.45, 2.75) is 18.9 Å². The molecule has 6 heteroatoms. The van der Waals surface area contributed by atoms with Gasteiger partial charge in [0, 0.05) is 12.1 Å². The maximum atomic E-state index is 13.0. The summed E-state index contributed by atoms with van der Waals surface area (Å²) >= 11 is 0. The summed E-state index contributed by atoms with van der Waals surface area (Å²) in [7, 11) is 1.66. The lowest BCUT2D eigenvalue weighted by Crippen LogP contribution is -2.30. The van der Waals surface area contributed by atoms with Gasteiger partial charge in [-0.2, -0.15) is 5.10 Å². The highest BCUT2D eigenvalue weighted by atomic mass is 16.5. The molecule has 3 aromatic rings. The summed E-state index contributed by atoms with van der Waals surface area (Å²) < 4.78 is 7.00. The van der Waals surface area contributed by atoms with Crippen LogP contribution in [-0.2, 0) is 0 Å². The van der Waals surface area contributed by atoms with E-state index in [9.17, 15) is 4.79 Å². The molecule has 1 aliphatic heterocycles. The largest absolute Gasteiger partial charge is 0.497 e. The van der Waals surface area contributed by atoms with Crippen molar-refractivity contribution in [3.63, 3.8) is 0 Å². The van der Waals surface area contributed by atoms with E-state index in [1.807, 2.05) is 47.4 Å². The number of ether oxygens (including phenoxy) is 1. The van der Waals surface area contributed by atoms with Gasteiger partial charge >= 0.3 is 0 Å². The molecule has 1 aromatic heterocycles. The summed E-state index contributed by atoms with van der Waals surface area (Å²) in [5, 5.41) is 4.10. The molecule has 0 aliphatic carbocycles. The maximum absolute atomic E-state index is 13.0. The minimum Gasteiger partial charge on any atom is -0.497 e. The third-order valence-corrected chi connectivity index (χ3v) is 4.79. The lowest BCUT2D eigenvalue weighted by atomic mass is 10.0. The van der Waals surface area contributed by atoms with E-state index in [-0.39, 0.29) is 11.9 Å². The van der Waals surface area contributed by atoms with Gasteiger partial charge in [0.1, 0.15) is 18.4 Å². The van der Waals surface area contributed by atoms with Crippen LogP contribution in [0.1, 0.15) is 34.8 Å². The van der Waals surface area contributed by atoms with Gasteiger partial charge in [0.05, 0.1) is 18.8 Å². The van der Waals surface area contributed by atoms with Crippen molar-refractivity contribution in [3.8, 4) is 11.4 Å². The van der Waals surface area contributed by atoms with Gasteiger partial charge in [0.15, 0.2) is 0 Å². The van der Waals surface area contributed by atoms with Gasteiger partial charge in [0.25, 0.3) is 5.91 Å². The zero-order valence-corrected chi connectivity index (χ0v) is 14.6. The van der Waals surface area contributed by atoms with E-state index in [0.29, 0.717) is 5.56 Å². The molecule has 1 fully saturated rings. The van der Waals surface area contributed by atoms with Crippen LogP contribution in [-0.4, -0.2) is 39.2 Å². The predicted molar refractivity (Wildman–Crippen MR) is 97.4 cm³/mol. The van der Waals surface area contributed by atoms with E-state index in [2.05, 4.69) is 16.1 Å². The second-order valence-corrected chi connectivity index (χ2v) is 6.32. The predicted octanol–water partition coefficient (Wildman–Crippen LogP) is 3.25. The van der Waals surface area contributed by atoms with Crippen LogP contribution in [0.2, 0.25) is 0 Å². The summed E-state index contributed by atoms with van der Waals surface area (Å²) in [5.41, 5.74) is 2.68. The Bertz CT molecular complexity index is 890. The van der Waals surface area contributed by atoms with Crippen molar-refractivity contribution in [2.24, 2.45) is 0 Å². The molecule has 132 valence electrons. The van der Waals surface area contributed by atoms with E-state index >= 15 is 0 Å². The van der Waals surface area contributed by atoms with Crippen LogP contribution >= 0.6 is 0 Å². The van der Waals surface area contributed by atoms with Gasteiger partial charge in [-0.3, -0.25) is 4.79 Å². The third-order valence-electron chi connectivity index (χ3n) is 4.79. The first kappa shape index (κ1) is 16.3. The SMILES string of the molecule is COc1cccc(C2CCCN2C(=O)c2ccc(-n3cncn3)cc2)c1. The van der Waals surface area contributed by atoms with Crippen LogP contribution in [0.15, 0.2) is 61.2 Å². The Kier molecular flexibility index (Phi) is 4.39. The smallest absolute Gasteiger partial charge is 0.254 e. The third kappa shape index (κ3) is 3.06. The molecule has 0 N–H and O–H groups in total. The number of hydrogen-bond donors (Lipinski definition) is 0. The molecule has 1 unspecified atom stereocenters. The molecule has 1 saturated heterocycles. The number of hydrogen-bond acceptors (Lipinski definition) is 4.